The van der Waals surface area contributed by atoms with E-state index in [4.69, 9.17) is 5.73 Å². The minimum atomic E-state index is 0.224. The highest BCUT2D eigenvalue weighted by Gasteiger charge is 2.23. The van der Waals surface area contributed by atoms with Gasteiger partial charge in [-0.3, -0.25) is 4.79 Å². The Labute approximate surface area is 118 Å². The molecule has 0 saturated heterocycles. The minimum Gasteiger partial charge on any atom is -0.353 e. The van der Waals surface area contributed by atoms with Gasteiger partial charge in [0.05, 0.1) is 0 Å². The van der Waals surface area contributed by atoms with Crippen molar-refractivity contribution in [3.63, 3.8) is 0 Å². The second kappa shape index (κ2) is 8.57. The fourth-order valence-corrected chi connectivity index (χ4v) is 3.24. The number of nitrogens with two attached hydrogens (primary N) is 1. The Bertz CT molecular complexity index is 259. The Kier molecular flexibility index (Phi) is 7.44. The van der Waals surface area contributed by atoms with E-state index in [-0.39, 0.29) is 5.91 Å². The number of hydrogen-bond acceptors (Lipinski definition) is 2. The zero-order chi connectivity index (χ0) is 14.3. The second-order valence-electron chi connectivity index (χ2n) is 6.52. The van der Waals surface area contributed by atoms with E-state index in [1.807, 2.05) is 0 Å². The van der Waals surface area contributed by atoms with Gasteiger partial charge >= 0.3 is 0 Å². The molecule has 1 unspecified atom stereocenters. The average molecular weight is 268 g/mol. The van der Waals surface area contributed by atoms with Gasteiger partial charge in [0.2, 0.25) is 5.91 Å². The molecule has 0 aliphatic heterocycles. The number of rotatable bonds is 8. The molecule has 3 N–H and O–H groups in total. The van der Waals surface area contributed by atoms with Crippen LogP contribution in [0.3, 0.4) is 0 Å². The monoisotopic (exact) mass is 268 g/mol. The summed E-state index contributed by atoms with van der Waals surface area (Å²) in [7, 11) is 0. The molecule has 0 aromatic heterocycles. The summed E-state index contributed by atoms with van der Waals surface area (Å²) in [5.41, 5.74) is 5.64. The first-order valence-electron chi connectivity index (χ1n) is 8.04. The smallest absolute Gasteiger partial charge is 0.220 e. The molecule has 3 heteroatoms. The Hall–Kier alpha value is -0.570. The maximum absolute atomic E-state index is 12.0. The van der Waals surface area contributed by atoms with Crippen molar-refractivity contribution < 1.29 is 4.79 Å². The van der Waals surface area contributed by atoms with E-state index in [1.165, 1.54) is 25.7 Å². The van der Waals surface area contributed by atoms with E-state index in [1.54, 1.807) is 0 Å². The molecule has 19 heavy (non-hydrogen) atoms. The van der Waals surface area contributed by atoms with Gasteiger partial charge in [-0.15, -0.1) is 0 Å². The summed E-state index contributed by atoms with van der Waals surface area (Å²) in [6.45, 7) is 7.33. The van der Waals surface area contributed by atoms with Crippen molar-refractivity contribution in [2.24, 2.45) is 23.5 Å². The Morgan fingerprint density at radius 1 is 1.21 bits per heavy atom. The van der Waals surface area contributed by atoms with Gasteiger partial charge in [-0.05, 0) is 56.9 Å². The number of carbonyl (C=O) groups excluding carboxylic acids is 1. The third kappa shape index (κ3) is 5.94. The van der Waals surface area contributed by atoms with Crippen LogP contribution < -0.4 is 11.1 Å². The lowest BCUT2D eigenvalue weighted by Crippen LogP contribution is -2.37. The van der Waals surface area contributed by atoms with Crippen LogP contribution in [0.15, 0.2) is 0 Å². The summed E-state index contributed by atoms with van der Waals surface area (Å²) in [5, 5.41) is 3.19. The highest BCUT2D eigenvalue weighted by Crippen LogP contribution is 2.27. The van der Waals surface area contributed by atoms with Gasteiger partial charge in [0, 0.05) is 12.5 Å². The molecular formula is C16H32N2O. The molecule has 1 amide bonds. The van der Waals surface area contributed by atoms with Crippen molar-refractivity contribution in [2.45, 2.75) is 71.8 Å². The lowest BCUT2D eigenvalue weighted by Gasteiger charge is -2.22. The van der Waals surface area contributed by atoms with E-state index in [0.717, 1.165) is 19.4 Å². The molecule has 0 radical (unpaired) electrons. The van der Waals surface area contributed by atoms with Gasteiger partial charge in [0.15, 0.2) is 0 Å². The highest BCUT2D eigenvalue weighted by molar-refractivity contribution is 5.76. The normalized spacial score (nSPS) is 19.6. The molecule has 0 bridgehead atoms. The van der Waals surface area contributed by atoms with Crippen LogP contribution in [0.5, 0.6) is 0 Å². The standard InChI is InChI=1S/C16H32N2O/c1-12(2)14(10-11-17)8-9-16(19)18-13(3)15-6-4-5-7-15/h12-15H,4-11,17H2,1-3H3,(H,18,19)/t13-,14?/m0/s1. The van der Waals surface area contributed by atoms with Crippen molar-refractivity contribution >= 4 is 5.91 Å². The van der Waals surface area contributed by atoms with E-state index >= 15 is 0 Å². The molecule has 1 aliphatic carbocycles. The van der Waals surface area contributed by atoms with Gasteiger partial charge in [-0.25, -0.2) is 0 Å². The summed E-state index contributed by atoms with van der Waals surface area (Å²) in [6.07, 6.45) is 7.88. The van der Waals surface area contributed by atoms with Crippen molar-refractivity contribution in [1.29, 1.82) is 0 Å². The quantitative estimate of drug-likeness (QED) is 0.711. The fourth-order valence-electron chi connectivity index (χ4n) is 3.24. The summed E-state index contributed by atoms with van der Waals surface area (Å²) >= 11 is 0. The first-order chi connectivity index (χ1) is 9.04. The average Bonchev–Trinajstić information content (AvgIpc) is 2.87. The Morgan fingerprint density at radius 2 is 1.84 bits per heavy atom. The largest absolute Gasteiger partial charge is 0.353 e. The number of carbonyl (C=O) groups is 1. The first kappa shape index (κ1) is 16.5. The maximum atomic E-state index is 12.0. The summed E-state index contributed by atoms with van der Waals surface area (Å²) < 4.78 is 0. The predicted octanol–water partition coefficient (Wildman–Crippen LogP) is 3.08. The first-order valence-corrected chi connectivity index (χ1v) is 8.04. The summed E-state index contributed by atoms with van der Waals surface area (Å²) in [4.78, 5) is 12.0. The van der Waals surface area contributed by atoms with Crippen LogP contribution in [0.4, 0.5) is 0 Å². The molecule has 1 saturated carbocycles. The van der Waals surface area contributed by atoms with Crippen molar-refractivity contribution in [1.82, 2.24) is 5.32 Å². The van der Waals surface area contributed by atoms with E-state index in [9.17, 15) is 4.79 Å². The zero-order valence-corrected chi connectivity index (χ0v) is 13.0. The number of amides is 1. The zero-order valence-electron chi connectivity index (χ0n) is 13.0. The van der Waals surface area contributed by atoms with Crippen LogP contribution in [0.1, 0.15) is 65.7 Å². The maximum Gasteiger partial charge on any atom is 0.220 e. The van der Waals surface area contributed by atoms with Crippen LogP contribution in [0, 0.1) is 17.8 Å². The molecule has 2 atom stereocenters. The van der Waals surface area contributed by atoms with Crippen LogP contribution in [-0.4, -0.2) is 18.5 Å². The molecule has 0 aromatic rings. The molecular weight excluding hydrogens is 236 g/mol. The minimum absolute atomic E-state index is 0.224. The molecule has 1 fully saturated rings. The van der Waals surface area contributed by atoms with Crippen LogP contribution in [0.25, 0.3) is 0 Å². The van der Waals surface area contributed by atoms with Gasteiger partial charge < -0.3 is 11.1 Å². The SMILES string of the molecule is CC(C)C(CCN)CCC(=O)N[C@@H](C)C1CCCC1. The van der Waals surface area contributed by atoms with Crippen molar-refractivity contribution in [2.75, 3.05) is 6.54 Å². The van der Waals surface area contributed by atoms with Gasteiger partial charge in [-0.1, -0.05) is 26.7 Å². The van der Waals surface area contributed by atoms with Crippen molar-refractivity contribution in [3.8, 4) is 0 Å². The number of hydrogen-bond donors (Lipinski definition) is 2. The third-order valence-electron chi connectivity index (χ3n) is 4.72. The highest BCUT2D eigenvalue weighted by atomic mass is 16.1. The van der Waals surface area contributed by atoms with Crippen LogP contribution >= 0.6 is 0 Å². The van der Waals surface area contributed by atoms with Crippen LogP contribution in [0.2, 0.25) is 0 Å². The van der Waals surface area contributed by atoms with E-state index in [2.05, 4.69) is 26.1 Å². The third-order valence-corrected chi connectivity index (χ3v) is 4.72. The molecule has 112 valence electrons. The molecule has 0 aromatic carbocycles. The predicted molar refractivity (Wildman–Crippen MR) is 80.8 cm³/mol. The van der Waals surface area contributed by atoms with E-state index in [0.29, 0.717) is 30.2 Å². The number of nitrogens with one attached hydrogen (secondary N) is 1. The molecule has 3 nitrogen and oxygen atoms in total. The van der Waals surface area contributed by atoms with E-state index < -0.39 is 0 Å². The lowest BCUT2D eigenvalue weighted by molar-refractivity contribution is -0.122. The van der Waals surface area contributed by atoms with Gasteiger partial charge in [0.25, 0.3) is 0 Å². The Morgan fingerprint density at radius 3 is 2.37 bits per heavy atom. The lowest BCUT2D eigenvalue weighted by atomic mass is 9.88. The van der Waals surface area contributed by atoms with Crippen LogP contribution in [-0.2, 0) is 4.79 Å². The summed E-state index contributed by atoms with van der Waals surface area (Å²) in [6, 6.07) is 0.349. The molecule has 0 spiro atoms. The summed E-state index contributed by atoms with van der Waals surface area (Å²) in [5.74, 6) is 2.12. The topological polar surface area (TPSA) is 55.1 Å². The molecule has 0 heterocycles. The molecule has 1 rings (SSSR count). The van der Waals surface area contributed by atoms with Crippen molar-refractivity contribution in [3.05, 3.63) is 0 Å². The Balaban J connectivity index is 2.25. The van der Waals surface area contributed by atoms with Gasteiger partial charge in [-0.2, -0.15) is 0 Å². The van der Waals surface area contributed by atoms with Gasteiger partial charge in [0.1, 0.15) is 0 Å². The second-order valence-corrected chi connectivity index (χ2v) is 6.52. The molecule has 1 aliphatic rings. The fraction of sp³-hybridized carbons (Fsp3) is 0.938.